The molecule has 3 aromatic rings. The van der Waals surface area contributed by atoms with Gasteiger partial charge in [0.15, 0.2) is 0 Å². The Morgan fingerprint density at radius 1 is 0.667 bits per heavy atom. The van der Waals surface area contributed by atoms with Gasteiger partial charge in [0.2, 0.25) is 0 Å². The van der Waals surface area contributed by atoms with Crippen molar-refractivity contribution in [2.24, 2.45) is 0 Å². The molecule has 0 spiro atoms. The first-order valence-corrected chi connectivity index (χ1v) is 6.78. The quantitative estimate of drug-likeness (QED) is 0.657. The van der Waals surface area contributed by atoms with Gasteiger partial charge in [-0.05, 0) is 24.3 Å². The number of benzene rings is 3. The van der Waals surface area contributed by atoms with Gasteiger partial charge in [0.05, 0.1) is 0 Å². The summed E-state index contributed by atoms with van der Waals surface area (Å²) in [6.07, 6.45) is 0. The van der Waals surface area contributed by atoms with E-state index < -0.39 is 0 Å². The highest BCUT2D eigenvalue weighted by atomic mass is 16.5. The Bertz CT molecular complexity index is 736. The molecule has 3 aromatic carbocycles. The minimum atomic E-state index is 0.210. The molecule has 101 valence electrons. The Morgan fingerprint density at radius 2 is 1.24 bits per heavy atom. The molecule has 0 heterocycles. The molecule has 0 bridgehead atoms. The number of ether oxygens (including phenoxy) is 1. The number of rotatable bonds is 4. The summed E-state index contributed by atoms with van der Waals surface area (Å²) in [5.41, 5.74) is 1.65. The zero-order valence-corrected chi connectivity index (χ0v) is 11.4. The summed E-state index contributed by atoms with van der Waals surface area (Å²) < 4.78 is 5.87. The summed E-state index contributed by atoms with van der Waals surface area (Å²) in [6, 6.07) is 26.5. The maximum Gasteiger partial charge on any atom is 0.136 e. The molecule has 0 N–H and O–H groups in total. The van der Waals surface area contributed by atoms with Crippen molar-refractivity contribution in [3.05, 3.63) is 96.1 Å². The van der Waals surface area contributed by atoms with Gasteiger partial charge in [0, 0.05) is 11.1 Å². The van der Waals surface area contributed by atoms with Gasteiger partial charge in [-0.2, -0.15) is 0 Å². The molecule has 0 saturated carbocycles. The van der Waals surface area contributed by atoms with Gasteiger partial charge in [0.1, 0.15) is 17.2 Å². The molecule has 0 amide bonds. The van der Waals surface area contributed by atoms with Crippen LogP contribution < -0.4 is 10.1 Å². The van der Waals surface area contributed by atoms with Crippen LogP contribution in [0.4, 0.5) is 0 Å². The minimum Gasteiger partial charge on any atom is -0.457 e. The first-order chi connectivity index (χ1) is 10.3. The third-order valence-corrected chi connectivity index (χ3v) is 3.16. The summed E-state index contributed by atoms with van der Waals surface area (Å²) in [5, 5.41) is 10.5. The average Bonchev–Trinajstić information content (AvgIpc) is 2.56. The van der Waals surface area contributed by atoms with Crippen molar-refractivity contribution in [2.75, 3.05) is 0 Å². The van der Waals surface area contributed by atoms with Crippen LogP contribution in [0, 0.1) is 0 Å². The fraction of sp³-hybridized carbons (Fsp3) is 0. The second-order valence-corrected chi connectivity index (χ2v) is 4.63. The zero-order valence-electron chi connectivity index (χ0n) is 11.4. The number of nitrogens with zero attached hydrogens (tertiary/aromatic N) is 1. The first-order valence-electron chi connectivity index (χ1n) is 6.78. The number of hydrogen-bond acceptors (Lipinski definition) is 1. The molecule has 2 nitrogen and oxygen atoms in total. The predicted molar refractivity (Wildman–Crippen MR) is 84.7 cm³/mol. The normalized spacial score (nSPS) is 10.1. The van der Waals surface area contributed by atoms with Gasteiger partial charge in [-0.15, -0.1) is 5.41 Å². The molecule has 0 aromatic heterocycles. The lowest BCUT2D eigenvalue weighted by atomic mass is 10.0. The second kappa shape index (κ2) is 6.06. The Morgan fingerprint density at radius 3 is 1.95 bits per heavy atom. The second-order valence-electron chi connectivity index (χ2n) is 4.63. The molecular formula is C19H14NO. The van der Waals surface area contributed by atoms with E-state index in [1.54, 1.807) is 0 Å². The fourth-order valence-corrected chi connectivity index (χ4v) is 2.12. The van der Waals surface area contributed by atoms with Crippen LogP contribution in [-0.4, -0.2) is 5.71 Å². The largest absolute Gasteiger partial charge is 0.457 e. The van der Waals surface area contributed by atoms with Crippen molar-refractivity contribution in [3.8, 4) is 11.5 Å². The van der Waals surface area contributed by atoms with E-state index in [1.807, 2.05) is 84.9 Å². The Balaban J connectivity index is 1.95. The highest BCUT2D eigenvalue weighted by molar-refractivity contribution is 6.13. The molecule has 2 heteroatoms. The van der Waals surface area contributed by atoms with Crippen LogP contribution in [0.3, 0.4) is 0 Å². The minimum absolute atomic E-state index is 0.210. The molecule has 0 atom stereocenters. The van der Waals surface area contributed by atoms with Gasteiger partial charge in [-0.1, -0.05) is 60.7 Å². The third kappa shape index (κ3) is 3.00. The molecule has 0 aliphatic rings. The van der Waals surface area contributed by atoms with Gasteiger partial charge < -0.3 is 4.74 Å². The molecule has 3 rings (SSSR count). The molecule has 0 aliphatic carbocycles. The van der Waals surface area contributed by atoms with Crippen molar-refractivity contribution in [1.29, 1.82) is 0 Å². The molecule has 0 fully saturated rings. The molecule has 0 saturated heterocycles. The van der Waals surface area contributed by atoms with Gasteiger partial charge in [-0.25, -0.2) is 0 Å². The van der Waals surface area contributed by atoms with Crippen LogP contribution in [0.1, 0.15) is 11.1 Å². The van der Waals surface area contributed by atoms with Crippen LogP contribution in [0.5, 0.6) is 11.5 Å². The van der Waals surface area contributed by atoms with Crippen LogP contribution in [-0.2, 0) is 0 Å². The van der Waals surface area contributed by atoms with Crippen LogP contribution >= 0.6 is 0 Å². The summed E-state index contributed by atoms with van der Waals surface area (Å²) in [6.45, 7) is 0. The van der Waals surface area contributed by atoms with Gasteiger partial charge in [-0.3, -0.25) is 0 Å². The first kappa shape index (κ1) is 13.1. The van der Waals surface area contributed by atoms with E-state index in [2.05, 4.69) is 0 Å². The van der Waals surface area contributed by atoms with Crippen LogP contribution in [0.25, 0.3) is 0 Å². The maximum absolute atomic E-state index is 10.5. The topological polar surface area (TPSA) is 31.5 Å². The van der Waals surface area contributed by atoms with Crippen molar-refractivity contribution >= 4 is 5.71 Å². The summed E-state index contributed by atoms with van der Waals surface area (Å²) in [5.74, 6) is 1.37. The molecule has 0 aliphatic heterocycles. The third-order valence-electron chi connectivity index (χ3n) is 3.16. The lowest BCUT2D eigenvalue weighted by Gasteiger charge is -2.11. The van der Waals surface area contributed by atoms with E-state index in [-0.39, 0.29) is 5.71 Å². The highest BCUT2D eigenvalue weighted by Gasteiger charge is 2.11. The average molecular weight is 272 g/mol. The van der Waals surface area contributed by atoms with E-state index in [9.17, 15) is 5.41 Å². The smallest absolute Gasteiger partial charge is 0.136 e. The van der Waals surface area contributed by atoms with E-state index in [4.69, 9.17) is 4.74 Å². The number of hydrogen-bond donors (Lipinski definition) is 0. The van der Waals surface area contributed by atoms with Crippen LogP contribution in [0.2, 0.25) is 0 Å². The van der Waals surface area contributed by atoms with Crippen molar-refractivity contribution in [1.82, 2.24) is 5.41 Å². The van der Waals surface area contributed by atoms with E-state index in [1.165, 1.54) is 0 Å². The fourth-order valence-electron chi connectivity index (χ4n) is 2.12. The molecule has 21 heavy (non-hydrogen) atoms. The van der Waals surface area contributed by atoms with Crippen LogP contribution in [0.15, 0.2) is 84.9 Å². The summed E-state index contributed by atoms with van der Waals surface area (Å²) >= 11 is 0. The Hall–Kier alpha value is -2.87. The van der Waals surface area contributed by atoms with Crippen molar-refractivity contribution in [3.63, 3.8) is 0 Å². The Kier molecular flexibility index (Phi) is 3.79. The van der Waals surface area contributed by atoms with Crippen molar-refractivity contribution in [2.45, 2.75) is 0 Å². The molecule has 1 radical (unpaired) electrons. The number of para-hydroxylation sites is 2. The lowest BCUT2D eigenvalue weighted by molar-refractivity contribution is 0.481. The lowest BCUT2D eigenvalue weighted by Crippen LogP contribution is -2.05. The monoisotopic (exact) mass is 272 g/mol. The van der Waals surface area contributed by atoms with Gasteiger partial charge >= 0.3 is 0 Å². The standard InChI is InChI=1S/C19H14NO/c20-19(15-9-3-1-4-10-15)17-13-7-8-14-18(17)21-16-11-5-2-6-12-16/h1-14H. The Labute approximate surface area is 124 Å². The van der Waals surface area contributed by atoms with Crippen molar-refractivity contribution < 1.29 is 4.74 Å². The SMILES string of the molecule is [N]=C(c1ccccc1)c1ccccc1Oc1ccccc1. The van der Waals surface area contributed by atoms with E-state index >= 15 is 0 Å². The van der Waals surface area contributed by atoms with E-state index in [0.717, 1.165) is 11.3 Å². The zero-order chi connectivity index (χ0) is 14.5. The predicted octanol–water partition coefficient (Wildman–Crippen LogP) is 4.12. The maximum atomic E-state index is 10.5. The summed E-state index contributed by atoms with van der Waals surface area (Å²) in [4.78, 5) is 0. The molecular weight excluding hydrogens is 258 g/mol. The van der Waals surface area contributed by atoms with Gasteiger partial charge in [0.25, 0.3) is 0 Å². The molecule has 0 unspecified atom stereocenters. The highest BCUT2D eigenvalue weighted by Crippen LogP contribution is 2.26. The van der Waals surface area contributed by atoms with E-state index in [0.29, 0.717) is 11.3 Å². The summed E-state index contributed by atoms with van der Waals surface area (Å²) in [7, 11) is 0.